The molecule has 5 nitrogen and oxygen atoms in total. The summed E-state index contributed by atoms with van der Waals surface area (Å²) < 4.78 is 9.88. The van der Waals surface area contributed by atoms with E-state index in [-0.39, 0.29) is 23.8 Å². The summed E-state index contributed by atoms with van der Waals surface area (Å²) in [7, 11) is 0. The molecule has 1 fully saturated rings. The molecule has 92 valence electrons. The van der Waals surface area contributed by atoms with Gasteiger partial charge in [0.25, 0.3) is 0 Å². The Labute approximate surface area is 95.5 Å². The Balaban J connectivity index is 2.46. The van der Waals surface area contributed by atoms with Crippen molar-refractivity contribution in [3.63, 3.8) is 0 Å². The van der Waals surface area contributed by atoms with Crippen LogP contribution in [0.1, 0.15) is 20.3 Å². The van der Waals surface area contributed by atoms with Crippen LogP contribution in [0.3, 0.4) is 0 Å². The Morgan fingerprint density at radius 2 is 1.50 bits per heavy atom. The van der Waals surface area contributed by atoms with Crippen LogP contribution in [-0.4, -0.2) is 38.2 Å². The Morgan fingerprint density at radius 1 is 1.06 bits per heavy atom. The molecule has 0 spiro atoms. The number of rotatable bonds is 4. The highest BCUT2D eigenvalue weighted by Crippen LogP contribution is 2.19. The van der Waals surface area contributed by atoms with Crippen LogP contribution in [0, 0.1) is 11.8 Å². The van der Waals surface area contributed by atoms with Crippen LogP contribution in [-0.2, 0) is 19.1 Å². The zero-order valence-electron chi connectivity index (χ0n) is 9.82. The summed E-state index contributed by atoms with van der Waals surface area (Å²) in [5, 5.41) is 3.06. The van der Waals surface area contributed by atoms with Gasteiger partial charge in [-0.3, -0.25) is 9.59 Å². The van der Waals surface area contributed by atoms with E-state index in [1.165, 1.54) is 0 Å². The Kier molecular flexibility index (Phi) is 5.25. The minimum absolute atomic E-state index is 0.232. The Morgan fingerprint density at radius 3 is 1.88 bits per heavy atom. The summed E-state index contributed by atoms with van der Waals surface area (Å²) >= 11 is 0. The third-order valence-corrected chi connectivity index (χ3v) is 2.59. The maximum Gasteiger partial charge on any atom is 0.310 e. The monoisotopic (exact) mass is 229 g/mol. The van der Waals surface area contributed by atoms with Gasteiger partial charge in [-0.2, -0.15) is 0 Å². The number of nitrogens with one attached hydrogen (secondary N) is 1. The molecular weight excluding hydrogens is 210 g/mol. The molecule has 0 bridgehead atoms. The highest BCUT2D eigenvalue weighted by Gasteiger charge is 2.32. The van der Waals surface area contributed by atoms with E-state index in [2.05, 4.69) is 5.32 Å². The summed E-state index contributed by atoms with van der Waals surface area (Å²) in [6, 6.07) is 0. The second-order valence-corrected chi connectivity index (χ2v) is 3.79. The van der Waals surface area contributed by atoms with Crippen molar-refractivity contribution < 1.29 is 19.1 Å². The van der Waals surface area contributed by atoms with Gasteiger partial charge in [-0.05, 0) is 20.3 Å². The van der Waals surface area contributed by atoms with E-state index in [1.54, 1.807) is 13.8 Å². The molecule has 1 aliphatic rings. The molecule has 2 unspecified atom stereocenters. The molecular formula is C11H19NO4. The van der Waals surface area contributed by atoms with Gasteiger partial charge < -0.3 is 14.8 Å². The first-order chi connectivity index (χ1) is 7.69. The lowest BCUT2D eigenvalue weighted by atomic mass is 9.90. The highest BCUT2D eigenvalue weighted by molar-refractivity contribution is 5.77. The third kappa shape index (κ3) is 3.48. The molecule has 0 aliphatic carbocycles. The summed E-state index contributed by atoms with van der Waals surface area (Å²) in [5.41, 5.74) is 0. The van der Waals surface area contributed by atoms with Gasteiger partial charge in [0.1, 0.15) is 0 Å². The first-order valence-electron chi connectivity index (χ1n) is 5.73. The molecule has 1 saturated heterocycles. The van der Waals surface area contributed by atoms with Crippen molar-refractivity contribution >= 4 is 11.9 Å². The molecule has 0 saturated carbocycles. The average molecular weight is 229 g/mol. The van der Waals surface area contributed by atoms with Gasteiger partial charge in [0, 0.05) is 13.1 Å². The van der Waals surface area contributed by atoms with Crippen molar-refractivity contribution in [2.75, 3.05) is 26.3 Å². The second kappa shape index (κ2) is 6.48. The molecule has 1 heterocycles. The maximum atomic E-state index is 11.5. The number of hydrogen-bond acceptors (Lipinski definition) is 5. The van der Waals surface area contributed by atoms with Crippen molar-refractivity contribution in [2.45, 2.75) is 20.3 Å². The van der Waals surface area contributed by atoms with Crippen LogP contribution in [0.4, 0.5) is 0 Å². The van der Waals surface area contributed by atoms with Crippen molar-refractivity contribution in [1.29, 1.82) is 0 Å². The minimum atomic E-state index is -0.233. The number of esters is 2. The standard InChI is InChI=1S/C11H19NO4/c1-3-15-10(13)8-5-9(7-12-6-8)11(14)16-4-2/h8-9,12H,3-7H2,1-2H3. The summed E-state index contributed by atoms with van der Waals surface area (Å²) in [6.45, 7) is 5.45. The van der Waals surface area contributed by atoms with Crippen LogP contribution < -0.4 is 5.32 Å². The maximum absolute atomic E-state index is 11.5. The van der Waals surface area contributed by atoms with Gasteiger partial charge in [-0.15, -0.1) is 0 Å². The fourth-order valence-corrected chi connectivity index (χ4v) is 1.82. The van der Waals surface area contributed by atoms with E-state index in [0.29, 0.717) is 32.7 Å². The summed E-state index contributed by atoms with van der Waals surface area (Å²) in [5.74, 6) is -0.931. The van der Waals surface area contributed by atoms with Crippen molar-refractivity contribution in [2.24, 2.45) is 11.8 Å². The summed E-state index contributed by atoms with van der Waals surface area (Å²) in [4.78, 5) is 23.0. The van der Waals surface area contributed by atoms with E-state index in [1.807, 2.05) is 0 Å². The fourth-order valence-electron chi connectivity index (χ4n) is 1.82. The van der Waals surface area contributed by atoms with E-state index >= 15 is 0 Å². The lowest BCUT2D eigenvalue weighted by Gasteiger charge is -2.27. The SMILES string of the molecule is CCOC(=O)C1CNCC(C(=O)OCC)C1. The molecule has 5 heteroatoms. The number of piperidine rings is 1. The zero-order chi connectivity index (χ0) is 12.0. The molecule has 1 rings (SSSR count). The number of hydrogen-bond donors (Lipinski definition) is 1. The number of carbonyl (C=O) groups is 2. The topological polar surface area (TPSA) is 64.6 Å². The molecule has 0 aromatic rings. The Bertz CT molecular complexity index is 230. The first-order valence-corrected chi connectivity index (χ1v) is 5.73. The van der Waals surface area contributed by atoms with Gasteiger partial charge in [0.15, 0.2) is 0 Å². The molecule has 0 amide bonds. The van der Waals surface area contributed by atoms with Gasteiger partial charge in [-0.25, -0.2) is 0 Å². The van der Waals surface area contributed by atoms with E-state index in [4.69, 9.17) is 9.47 Å². The number of ether oxygens (including phenoxy) is 2. The quantitative estimate of drug-likeness (QED) is 0.704. The molecule has 2 atom stereocenters. The largest absolute Gasteiger partial charge is 0.466 e. The predicted molar refractivity (Wildman–Crippen MR) is 57.7 cm³/mol. The molecule has 1 aliphatic heterocycles. The third-order valence-electron chi connectivity index (χ3n) is 2.59. The second-order valence-electron chi connectivity index (χ2n) is 3.79. The lowest BCUT2D eigenvalue weighted by Crippen LogP contribution is -2.43. The van der Waals surface area contributed by atoms with Gasteiger partial charge in [0.05, 0.1) is 25.0 Å². The highest BCUT2D eigenvalue weighted by atomic mass is 16.5. The van der Waals surface area contributed by atoms with Crippen LogP contribution >= 0.6 is 0 Å². The molecule has 16 heavy (non-hydrogen) atoms. The minimum Gasteiger partial charge on any atom is -0.466 e. The van der Waals surface area contributed by atoms with E-state index in [9.17, 15) is 9.59 Å². The van der Waals surface area contributed by atoms with Crippen LogP contribution in [0.5, 0.6) is 0 Å². The Hall–Kier alpha value is -1.10. The smallest absolute Gasteiger partial charge is 0.310 e. The van der Waals surface area contributed by atoms with Gasteiger partial charge >= 0.3 is 11.9 Å². The van der Waals surface area contributed by atoms with Gasteiger partial charge in [0.2, 0.25) is 0 Å². The van der Waals surface area contributed by atoms with Crippen molar-refractivity contribution in [3.8, 4) is 0 Å². The van der Waals surface area contributed by atoms with Crippen LogP contribution in [0.15, 0.2) is 0 Å². The molecule has 0 aromatic heterocycles. The molecule has 0 radical (unpaired) electrons. The van der Waals surface area contributed by atoms with Gasteiger partial charge in [-0.1, -0.05) is 0 Å². The zero-order valence-corrected chi connectivity index (χ0v) is 9.82. The molecule has 0 aromatic carbocycles. The predicted octanol–water partition coefficient (Wildman–Crippen LogP) is 0.338. The average Bonchev–Trinajstić information content (AvgIpc) is 2.30. The van der Waals surface area contributed by atoms with E-state index < -0.39 is 0 Å². The lowest BCUT2D eigenvalue weighted by molar-refractivity contribution is -0.153. The van der Waals surface area contributed by atoms with Crippen LogP contribution in [0.25, 0.3) is 0 Å². The van der Waals surface area contributed by atoms with Crippen molar-refractivity contribution in [3.05, 3.63) is 0 Å². The molecule has 1 N–H and O–H groups in total. The first kappa shape index (κ1) is 13.0. The summed E-state index contributed by atoms with van der Waals surface area (Å²) in [6.07, 6.45) is 0.519. The van der Waals surface area contributed by atoms with Crippen LogP contribution in [0.2, 0.25) is 0 Å². The number of carbonyl (C=O) groups excluding carboxylic acids is 2. The fraction of sp³-hybridized carbons (Fsp3) is 0.818. The van der Waals surface area contributed by atoms with E-state index in [0.717, 1.165) is 0 Å². The normalized spacial score (nSPS) is 24.9. The van der Waals surface area contributed by atoms with Crippen molar-refractivity contribution in [1.82, 2.24) is 5.32 Å².